The van der Waals surface area contributed by atoms with Crippen LogP contribution >= 0.6 is 0 Å². The van der Waals surface area contributed by atoms with Crippen LogP contribution in [-0.4, -0.2) is 55.4 Å². The van der Waals surface area contributed by atoms with Crippen molar-refractivity contribution in [2.75, 3.05) is 39.2 Å². The molecule has 28 heavy (non-hydrogen) atoms. The van der Waals surface area contributed by atoms with Gasteiger partial charge in [0.05, 0.1) is 25.7 Å². The van der Waals surface area contributed by atoms with E-state index in [-0.39, 0.29) is 5.91 Å². The zero-order valence-corrected chi connectivity index (χ0v) is 16.6. The Morgan fingerprint density at radius 2 is 1.86 bits per heavy atom. The van der Waals surface area contributed by atoms with Gasteiger partial charge in [0, 0.05) is 25.3 Å². The molecule has 1 fully saturated rings. The number of nitrogens with one attached hydrogen (secondary N) is 1. The van der Waals surface area contributed by atoms with Crippen molar-refractivity contribution in [2.24, 2.45) is 5.92 Å². The summed E-state index contributed by atoms with van der Waals surface area (Å²) in [6.07, 6.45) is 0.682. The van der Waals surface area contributed by atoms with Crippen molar-refractivity contribution < 1.29 is 19.4 Å². The first-order chi connectivity index (χ1) is 13.4. The average Bonchev–Trinajstić information content (AvgIpc) is 2.93. The van der Waals surface area contributed by atoms with Crippen LogP contribution in [0.5, 0.6) is 11.5 Å². The first-order valence-corrected chi connectivity index (χ1v) is 9.45. The number of ether oxygens (including phenoxy) is 2. The van der Waals surface area contributed by atoms with Crippen LogP contribution in [0.3, 0.4) is 0 Å². The minimum absolute atomic E-state index is 0.0195. The van der Waals surface area contributed by atoms with E-state index in [1.165, 1.54) is 0 Å². The lowest BCUT2D eigenvalue weighted by atomic mass is 9.92. The number of hydrogen-bond acceptors (Lipinski definition) is 5. The van der Waals surface area contributed by atoms with Gasteiger partial charge in [-0.05, 0) is 43.2 Å². The lowest BCUT2D eigenvalue weighted by molar-refractivity contribution is -0.131. The highest BCUT2D eigenvalue weighted by Crippen LogP contribution is 2.31. The largest absolute Gasteiger partial charge is 0.493 e. The van der Waals surface area contributed by atoms with E-state index in [2.05, 4.69) is 5.32 Å². The summed E-state index contributed by atoms with van der Waals surface area (Å²) in [5, 5.41) is 14.0. The summed E-state index contributed by atoms with van der Waals surface area (Å²) in [6, 6.07) is 15.5. The predicted octanol–water partition coefficient (Wildman–Crippen LogP) is 2.57. The van der Waals surface area contributed by atoms with Crippen molar-refractivity contribution in [1.29, 1.82) is 0 Å². The van der Waals surface area contributed by atoms with E-state index in [9.17, 15) is 9.90 Å². The summed E-state index contributed by atoms with van der Waals surface area (Å²) in [4.78, 5) is 14.6. The maximum atomic E-state index is 12.9. The van der Waals surface area contributed by atoms with E-state index in [4.69, 9.17) is 9.47 Å². The first kappa shape index (κ1) is 20.0. The third-order valence-electron chi connectivity index (χ3n) is 5.27. The van der Waals surface area contributed by atoms with Crippen molar-refractivity contribution in [3.63, 3.8) is 0 Å². The second-order valence-electron chi connectivity index (χ2n) is 7.36. The number of hydrogen-bond donors (Lipinski definition) is 2. The van der Waals surface area contributed by atoms with E-state index in [0.717, 1.165) is 11.3 Å². The third-order valence-corrected chi connectivity index (χ3v) is 5.27. The monoisotopic (exact) mass is 384 g/mol. The molecule has 0 radical (unpaired) electrons. The number of likely N-dealkylation sites (tertiary alicyclic amines) is 1. The predicted molar refractivity (Wildman–Crippen MR) is 109 cm³/mol. The number of carbonyl (C=O) groups is 1. The quantitative estimate of drug-likeness (QED) is 0.732. The molecule has 1 amide bonds. The fraction of sp³-hybridized carbons (Fsp3) is 0.409. The summed E-state index contributed by atoms with van der Waals surface area (Å²) in [5.74, 6) is 0.857. The van der Waals surface area contributed by atoms with Crippen molar-refractivity contribution in [1.82, 2.24) is 4.90 Å². The minimum Gasteiger partial charge on any atom is -0.493 e. The topological polar surface area (TPSA) is 71.0 Å². The Morgan fingerprint density at radius 1 is 1.14 bits per heavy atom. The molecule has 3 rings (SSSR count). The number of para-hydroxylation sites is 1. The fourth-order valence-electron chi connectivity index (χ4n) is 3.63. The molecule has 0 aliphatic carbocycles. The molecule has 2 N–H and O–H groups in total. The molecular weight excluding hydrogens is 356 g/mol. The van der Waals surface area contributed by atoms with Gasteiger partial charge in [-0.2, -0.15) is 0 Å². The normalized spacial score (nSPS) is 21.6. The summed E-state index contributed by atoms with van der Waals surface area (Å²) < 4.78 is 10.6. The number of benzene rings is 2. The second kappa shape index (κ2) is 8.52. The first-order valence-electron chi connectivity index (χ1n) is 9.45. The molecule has 1 saturated heterocycles. The molecule has 1 heterocycles. The molecule has 6 heteroatoms. The Balaban J connectivity index is 1.61. The number of nitrogens with zero attached hydrogens (tertiary/aromatic N) is 1. The lowest BCUT2D eigenvalue weighted by Crippen LogP contribution is -2.38. The molecule has 2 aromatic rings. The molecule has 0 aromatic heterocycles. The standard InChI is InChI=1S/C22H28N2O4/c1-22(26)15-24(12-11-16-9-10-19(27-2)20(13-16)28-3)21(25)18(22)14-23-17-7-5-4-6-8-17/h4-10,13,18,23,26H,11-12,14-15H2,1-3H3. The van der Waals surface area contributed by atoms with E-state index < -0.39 is 11.5 Å². The van der Waals surface area contributed by atoms with Crippen LogP contribution in [0.15, 0.2) is 48.5 Å². The zero-order valence-electron chi connectivity index (χ0n) is 16.6. The van der Waals surface area contributed by atoms with Crippen LogP contribution in [0.25, 0.3) is 0 Å². The van der Waals surface area contributed by atoms with E-state index in [1.807, 2.05) is 48.5 Å². The highest BCUT2D eigenvalue weighted by Gasteiger charge is 2.47. The highest BCUT2D eigenvalue weighted by atomic mass is 16.5. The SMILES string of the molecule is COc1ccc(CCN2CC(C)(O)C(CNc3ccccc3)C2=O)cc1OC. The number of carbonyl (C=O) groups excluding carboxylic acids is 1. The van der Waals surface area contributed by atoms with E-state index in [1.54, 1.807) is 26.0 Å². The van der Waals surface area contributed by atoms with Gasteiger partial charge in [-0.25, -0.2) is 0 Å². The van der Waals surface area contributed by atoms with Gasteiger partial charge in [0.1, 0.15) is 0 Å². The Hall–Kier alpha value is -2.73. The third kappa shape index (κ3) is 4.39. The van der Waals surface area contributed by atoms with Gasteiger partial charge in [-0.3, -0.25) is 4.79 Å². The van der Waals surface area contributed by atoms with Crippen molar-refractivity contribution >= 4 is 11.6 Å². The maximum absolute atomic E-state index is 12.9. The summed E-state index contributed by atoms with van der Waals surface area (Å²) in [7, 11) is 3.21. The minimum atomic E-state index is -1.06. The van der Waals surface area contributed by atoms with Crippen LogP contribution in [0.1, 0.15) is 12.5 Å². The molecule has 2 aromatic carbocycles. The molecule has 0 saturated carbocycles. The molecule has 2 atom stereocenters. The summed E-state index contributed by atoms with van der Waals surface area (Å²) >= 11 is 0. The molecule has 1 aliphatic heterocycles. The molecule has 2 unspecified atom stereocenters. The van der Waals surface area contributed by atoms with Crippen LogP contribution in [0, 0.1) is 5.92 Å². The van der Waals surface area contributed by atoms with Gasteiger partial charge in [0.25, 0.3) is 0 Å². The molecule has 0 spiro atoms. The van der Waals surface area contributed by atoms with Crippen LogP contribution in [-0.2, 0) is 11.2 Å². The van der Waals surface area contributed by atoms with Crippen LogP contribution < -0.4 is 14.8 Å². The Morgan fingerprint density at radius 3 is 2.54 bits per heavy atom. The Labute approximate surface area is 166 Å². The lowest BCUT2D eigenvalue weighted by Gasteiger charge is -2.23. The fourth-order valence-corrected chi connectivity index (χ4v) is 3.63. The zero-order chi connectivity index (χ0) is 20.1. The number of β-amino-alcohol motifs (C(OH)–C–C–N with tert-alkyl or cyclic N) is 1. The van der Waals surface area contributed by atoms with Gasteiger partial charge in [-0.1, -0.05) is 24.3 Å². The van der Waals surface area contributed by atoms with Gasteiger partial charge in [0.2, 0.25) is 5.91 Å². The maximum Gasteiger partial charge on any atom is 0.230 e. The molecule has 1 aliphatic rings. The van der Waals surface area contributed by atoms with E-state index in [0.29, 0.717) is 37.6 Å². The summed E-state index contributed by atoms with van der Waals surface area (Å²) in [5.41, 5.74) is 0.932. The molecule has 6 nitrogen and oxygen atoms in total. The number of rotatable bonds is 8. The molecule has 150 valence electrons. The smallest absolute Gasteiger partial charge is 0.230 e. The second-order valence-corrected chi connectivity index (χ2v) is 7.36. The van der Waals surface area contributed by atoms with Gasteiger partial charge < -0.3 is 24.8 Å². The average molecular weight is 384 g/mol. The molecule has 0 bridgehead atoms. The van der Waals surface area contributed by atoms with Crippen molar-refractivity contribution in [3.8, 4) is 11.5 Å². The number of amides is 1. The van der Waals surface area contributed by atoms with Crippen molar-refractivity contribution in [3.05, 3.63) is 54.1 Å². The number of anilines is 1. The van der Waals surface area contributed by atoms with Gasteiger partial charge >= 0.3 is 0 Å². The Kier molecular flexibility index (Phi) is 6.09. The number of aliphatic hydroxyl groups is 1. The van der Waals surface area contributed by atoms with Crippen LogP contribution in [0.2, 0.25) is 0 Å². The highest BCUT2D eigenvalue weighted by molar-refractivity contribution is 5.83. The van der Waals surface area contributed by atoms with E-state index >= 15 is 0 Å². The summed E-state index contributed by atoms with van der Waals surface area (Å²) in [6.45, 7) is 3.02. The van der Waals surface area contributed by atoms with Gasteiger partial charge in [0.15, 0.2) is 11.5 Å². The molecular formula is C22H28N2O4. The number of methoxy groups -OCH3 is 2. The Bertz CT molecular complexity index is 807. The van der Waals surface area contributed by atoms with Gasteiger partial charge in [-0.15, -0.1) is 0 Å². The van der Waals surface area contributed by atoms with Crippen molar-refractivity contribution in [2.45, 2.75) is 18.9 Å². The van der Waals surface area contributed by atoms with Crippen LogP contribution in [0.4, 0.5) is 5.69 Å².